The molecule has 2 aromatic carbocycles. The molecular formula is C17H16FNO4. The van der Waals surface area contributed by atoms with Crippen molar-refractivity contribution in [3.63, 3.8) is 0 Å². The van der Waals surface area contributed by atoms with Gasteiger partial charge in [-0.05, 0) is 31.2 Å². The van der Waals surface area contributed by atoms with E-state index in [1.807, 2.05) is 19.1 Å². The van der Waals surface area contributed by atoms with Crippen molar-refractivity contribution in [1.29, 1.82) is 0 Å². The molecular weight excluding hydrogens is 301 g/mol. The van der Waals surface area contributed by atoms with Crippen LogP contribution in [0.1, 0.15) is 21.5 Å². The number of halogens is 1. The fourth-order valence-electron chi connectivity index (χ4n) is 2.19. The molecule has 0 spiro atoms. The maximum atomic E-state index is 13.3. The van der Waals surface area contributed by atoms with Crippen molar-refractivity contribution in [3.05, 3.63) is 58.9 Å². The number of carbonyl (C=O) groups is 2. The van der Waals surface area contributed by atoms with Crippen molar-refractivity contribution < 1.29 is 23.8 Å². The first-order chi connectivity index (χ1) is 10.9. The van der Waals surface area contributed by atoms with E-state index in [4.69, 9.17) is 9.84 Å². The number of benzene rings is 2. The monoisotopic (exact) mass is 317 g/mol. The van der Waals surface area contributed by atoms with Crippen molar-refractivity contribution in [3.8, 4) is 5.75 Å². The van der Waals surface area contributed by atoms with Crippen LogP contribution in [0.5, 0.6) is 5.75 Å². The van der Waals surface area contributed by atoms with Gasteiger partial charge in [0.1, 0.15) is 11.6 Å². The van der Waals surface area contributed by atoms with Crippen LogP contribution in [0.2, 0.25) is 0 Å². The molecule has 0 saturated heterocycles. The lowest BCUT2D eigenvalue weighted by Crippen LogP contribution is -2.15. The maximum Gasteiger partial charge on any atom is 0.338 e. The molecule has 0 fully saturated rings. The summed E-state index contributed by atoms with van der Waals surface area (Å²) < 4.78 is 18.5. The van der Waals surface area contributed by atoms with Crippen LogP contribution in [0.4, 0.5) is 10.1 Å². The second kappa shape index (κ2) is 6.91. The summed E-state index contributed by atoms with van der Waals surface area (Å²) in [6.45, 7) is 1.90. The first kappa shape index (κ1) is 16.5. The fraction of sp³-hybridized carbons (Fsp3) is 0.176. The van der Waals surface area contributed by atoms with E-state index in [-0.39, 0.29) is 18.0 Å². The molecule has 5 nitrogen and oxygen atoms in total. The zero-order valence-electron chi connectivity index (χ0n) is 12.7. The van der Waals surface area contributed by atoms with E-state index in [2.05, 4.69) is 5.32 Å². The summed E-state index contributed by atoms with van der Waals surface area (Å²) in [7, 11) is 1.52. The molecule has 2 rings (SSSR count). The number of carboxylic acid groups (broad SMARTS) is 1. The summed E-state index contributed by atoms with van der Waals surface area (Å²) in [5.74, 6) is -2.00. The summed E-state index contributed by atoms with van der Waals surface area (Å²) in [5.41, 5.74) is 1.44. The minimum atomic E-state index is -1.39. The molecule has 0 aliphatic carbocycles. The Morgan fingerprint density at radius 3 is 2.61 bits per heavy atom. The van der Waals surface area contributed by atoms with Crippen LogP contribution in [-0.2, 0) is 11.2 Å². The Morgan fingerprint density at radius 2 is 1.96 bits per heavy atom. The zero-order chi connectivity index (χ0) is 17.0. The maximum absolute atomic E-state index is 13.3. The fourth-order valence-corrected chi connectivity index (χ4v) is 2.19. The Hall–Kier alpha value is -2.89. The third kappa shape index (κ3) is 4.06. The number of rotatable bonds is 5. The van der Waals surface area contributed by atoms with Gasteiger partial charge < -0.3 is 15.2 Å². The van der Waals surface area contributed by atoms with E-state index in [1.54, 1.807) is 6.07 Å². The Morgan fingerprint density at radius 1 is 1.22 bits per heavy atom. The molecule has 0 aliphatic heterocycles. The average Bonchev–Trinajstić information content (AvgIpc) is 2.49. The number of carbonyl (C=O) groups excluding carboxylic acids is 1. The number of hydrogen-bond acceptors (Lipinski definition) is 3. The number of anilines is 1. The van der Waals surface area contributed by atoms with Gasteiger partial charge in [-0.1, -0.05) is 17.7 Å². The molecule has 0 aliphatic rings. The molecule has 0 atom stereocenters. The number of carboxylic acids is 1. The smallest absolute Gasteiger partial charge is 0.338 e. The predicted molar refractivity (Wildman–Crippen MR) is 83.4 cm³/mol. The van der Waals surface area contributed by atoms with Crippen LogP contribution in [0, 0.1) is 12.7 Å². The van der Waals surface area contributed by atoms with Gasteiger partial charge in [-0.3, -0.25) is 4.79 Å². The van der Waals surface area contributed by atoms with Crippen LogP contribution in [0.3, 0.4) is 0 Å². The Bertz CT molecular complexity index is 758. The summed E-state index contributed by atoms with van der Waals surface area (Å²) in [6, 6.07) is 8.89. The first-order valence-corrected chi connectivity index (χ1v) is 6.87. The average molecular weight is 317 g/mol. The van der Waals surface area contributed by atoms with Gasteiger partial charge in [-0.15, -0.1) is 0 Å². The van der Waals surface area contributed by atoms with E-state index >= 15 is 0 Å². The minimum absolute atomic E-state index is 0.0602. The van der Waals surface area contributed by atoms with E-state index in [9.17, 15) is 14.0 Å². The van der Waals surface area contributed by atoms with Gasteiger partial charge in [0, 0.05) is 11.3 Å². The van der Waals surface area contributed by atoms with Crippen molar-refractivity contribution in [2.45, 2.75) is 13.3 Å². The lowest BCUT2D eigenvalue weighted by atomic mass is 10.1. The molecule has 2 N–H and O–H groups in total. The van der Waals surface area contributed by atoms with Crippen molar-refractivity contribution in [2.75, 3.05) is 12.4 Å². The topological polar surface area (TPSA) is 75.6 Å². The van der Waals surface area contributed by atoms with Crippen molar-refractivity contribution in [2.24, 2.45) is 0 Å². The number of ether oxygens (including phenoxy) is 1. The van der Waals surface area contributed by atoms with Crippen molar-refractivity contribution in [1.82, 2.24) is 0 Å². The summed E-state index contributed by atoms with van der Waals surface area (Å²) in [6.07, 6.45) is 0.0602. The van der Waals surface area contributed by atoms with Crippen LogP contribution in [-0.4, -0.2) is 24.1 Å². The number of aromatic carboxylic acids is 1. The van der Waals surface area contributed by atoms with Crippen molar-refractivity contribution >= 4 is 17.6 Å². The second-order valence-corrected chi connectivity index (χ2v) is 5.04. The van der Waals surface area contributed by atoms with Gasteiger partial charge in [0.25, 0.3) is 0 Å². The van der Waals surface area contributed by atoms with Gasteiger partial charge in [-0.25, -0.2) is 9.18 Å². The van der Waals surface area contributed by atoms with Gasteiger partial charge in [-0.2, -0.15) is 0 Å². The highest BCUT2D eigenvalue weighted by Gasteiger charge is 2.13. The number of nitrogens with one attached hydrogen (secondary N) is 1. The highest BCUT2D eigenvalue weighted by molar-refractivity contribution is 5.95. The second-order valence-electron chi connectivity index (χ2n) is 5.04. The highest BCUT2D eigenvalue weighted by Crippen LogP contribution is 2.21. The lowest BCUT2D eigenvalue weighted by molar-refractivity contribution is -0.115. The molecule has 0 saturated carbocycles. The van der Waals surface area contributed by atoms with Crippen LogP contribution in [0.25, 0.3) is 0 Å². The summed E-state index contributed by atoms with van der Waals surface area (Å²) in [4.78, 5) is 23.0. The standard InChI is InChI=1S/C17H16FNO4/c1-10-3-6-15(23-2)11(7-10)8-16(20)19-12-4-5-14(18)13(9-12)17(21)22/h3-7,9H,8H2,1-2H3,(H,19,20)(H,21,22). The molecule has 0 unspecified atom stereocenters. The Labute approximate surface area is 132 Å². The third-order valence-electron chi connectivity index (χ3n) is 3.27. The summed E-state index contributed by atoms with van der Waals surface area (Å²) in [5, 5.41) is 11.4. The van der Waals surface area contributed by atoms with E-state index in [0.29, 0.717) is 11.3 Å². The molecule has 2 aromatic rings. The number of hydrogen-bond donors (Lipinski definition) is 2. The number of amides is 1. The first-order valence-electron chi connectivity index (χ1n) is 6.87. The molecule has 1 amide bonds. The predicted octanol–water partition coefficient (Wildman–Crippen LogP) is 3.02. The van der Waals surface area contributed by atoms with Crippen LogP contribution < -0.4 is 10.1 Å². The van der Waals surface area contributed by atoms with E-state index in [1.165, 1.54) is 13.2 Å². The summed E-state index contributed by atoms with van der Waals surface area (Å²) >= 11 is 0. The third-order valence-corrected chi connectivity index (χ3v) is 3.27. The lowest BCUT2D eigenvalue weighted by Gasteiger charge is -2.10. The quantitative estimate of drug-likeness (QED) is 0.889. The molecule has 0 bridgehead atoms. The van der Waals surface area contributed by atoms with Gasteiger partial charge in [0.15, 0.2) is 0 Å². The molecule has 0 radical (unpaired) electrons. The van der Waals surface area contributed by atoms with Gasteiger partial charge in [0.2, 0.25) is 5.91 Å². The molecule has 23 heavy (non-hydrogen) atoms. The number of methoxy groups -OCH3 is 1. The highest BCUT2D eigenvalue weighted by atomic mass is 19.1. The normalized spacial score (nSPS) is 10.2. The zero-order valence-corrected chi connectivity index (χ0v) is 12.7. The van der Waals surface area contributed by atoms with Gasteiger partial charge >= 0.3 is 5.97 Å². The largest absolute Gasteiger partial charge is 0.496 e. The Balaban J connectivity index is 2.16. The molecule has 0 heterocycles. The van der Waals surface area contributed by atoms with E-state index < -0.39 is 17.3 Å². The Kier molecular flexibility index (Phi) is 4.95. The number of aryl methyl sites for hydroxylation is 1. The minimum Gasteiger partial charge on any atom is -0.496 e. The molecule has 0 aromatic heterocycles. The molecule has 120 valence electrons. The van der Waals surface area contributed by atoms with Gasteiger partial charge in [0.05, 0.1) is 19.1 Å². The van der Waals surface area contributed by atoms with Crippen LogP contribution in [0.15, 0.2) is 36.4 Å². The molecule has 6 heteroatoms. The van der Waals surface area contributed by atoms with Crippen LogP contribution >= 0.6 is 0 Å². The van der Waals surface area contributed by atoms with E-state index in [0.717, 1.165) is 17.7 Å². The SMILES string of the molecule is COc1ccc(C)cc1CC(=O)Nc1ccc(F)c(C(=O)O)c1.